The molecule has 0 saturated heterocycles. The maximum atomic E-state index is 10.6. The molecule has 0 fully saturated rings. The van der Waals surface area contributed by atoms with Gasteiger partial charge in [0.15, 0.2) is 0 Å². The first-order chi connectivity index (χ1) is 20.2. The molecule has 0 aliphatic heterocycles. The van der Waals surface area contributed by atoms with Crippen LogP contribution in [0.3, 0.4) is 0 Å². The molecular weight excluding hydrogens is 496 g/mol. The molecule has 0 spiro atoms. The topological polar surface area (TPSA) is 20.2 Å². The van der Waals surface area contributed by atoms with Crippen molar-refractivity contribution in [3.8, 4) is 16.9 Å². The number of hydrogen-bond acceptors (Lipinski definition) is 1. The van der Waals surface area contributed by atoms with Gasteiger partial charge in [-0.3, -0.25) is 0 Å². The molecule has 1 nitrogen and oxygen atoms in total. The summed E-state index contributed by atoms with van der Waals surface area (Å²) in [5.74, 6) is 0.303. The molecule has 0 aliphatic carbocycles. The monoisotopic (exact) mass is 520 g/mol. The third-order valence-electron chi connectivity index (χ3n) is 8.76. The summed E-state index contributed by atoms with van der Waals surface area (Å²) in [7, 11) is 0. The Hall–Kier alpha value is -5.40. The van der Waals surface area contributed by atoms with Crippen LogP contribution in [0.5, 0.6) is 5.75 Å². The van der Waals surface area contributed by atoms with E-state index < -0.39 is 0 Å². The highest BCUT2D eigenvalue weighted by Gasteiger charge is 2.11. The first-order valence-electron chi connectivity index (χ1n) is 14.1. The number of para-hydroxylation sites is 1. The summed E-state index contributed by atoms with van der Waals surface area (Å²) in [6.45, 7) is 0. The molecule has 0 radical (unpaired) electrons. The van der Waals surface area contributed by atoms with E-state index >= 15 is 0 Å². The Morgan fingerprint density at radius 3 is 1.27 bits per heavy atom. The SMILES string of the molecule is Oc1ccccc1-c1cccc2cc3cc4ccc5cc6cc7cc8ccccc8cc7cc6cc5c4cc3cc12. The number of rotatable bonds is 1. The van der Waals surface area contributed by atoms with Gasteiger partial charge in [0.05, 0.1) is 0 Å². The van der Waals surface area contributed by atoms with Crippen molar-refractivity contribution in [2.75, 3.05) is 0 Å². The molecule has 41 heavy (non-hydrogen) atoms. The van der Waals surface area contributed by atoms with Crippen molar-refractivity contribution in [2.45, 2.75) is 0 Å². The van der Waals surface area contributed by atoms with Crippen molar-refractivity contribution in [1.82, 2.24) is 0 Å². The van der Waals surface area contributed by atoms with Gasteiger partial charge in [0.1, 0.15) is 5.75 Å². The van der Waals surface area contributed by atoms with Crippen LogP contribution >= 0.6 is 0 Å². The third kappa shape index (κ3) is 3.43. The molecule has 1 N–H and O–H groups in total. The Balaban J connectivity index is 1.31. The Morgan fingerprint density at radius 2 is 0.659 bits per heavy atom. The van der Waals surface area contributed by atoms with Crippen molar-refractivity contribution in [3.05, 3.63) is 140 Å². The average Bonchev–Trinajstić information content (AvgIpc) is 3.00. The normalized spacial score (nSPS) is 12.0. The van der Waals surface area contributed by atoms with Gasteiger partial charge in [-0.25, -0.2) is 0 Å². The quantitative estimate of drug-likeness (QED) is 0.169. The Labute approximate surface area is 236 Å². The van der Waals surface area contributed by atoms with Crippen molar-refractivity contribution in [2.24, 2.45) is 0 Å². The number of phenols is 1. The number of fused-ring (bicyclic) bond motifs is 8. The van der Waals surface area contributed by atoms with Gasteiger partial charge in [-0.2, -0.15) is 0 Å². The summed E-state index contributed by atoms with van der Waals surface area (Å²) < 4.78 is 0. The minimum atomic E-state index is 0.303. The lowest BCUT2D eigenvalue weighted by Crippen LogP contribution is -1.85. The predicted octanol–water partition coefficient (Wildman–Crippen LogP) is 11.1. The minimum Gasteiger partial charge on any atom is -0.507 e. The Morgan fingerprint density at radius 1 is 0.268 bits per heavy atom. The van der Waals surface area contributed by atoms with E-state index in [0.717, 1.165) is 16.5 Å². The van der Waals surface area contributed by atoms with Gasteiger partial charge >= 0.3 is 0 Å². The molecule has 9 aromatic rings. The van der Waals surface area contributed by atoms with Crippen LogP contribution in [0, 0.1) is 0 Å². The van der Waals surface area contributed by atoms with Crippen LogP contribution in [0.1, 0.15) is 0 Å². The molecule has 0 atom stereocenters. The molecule has 0 saturated carbocycles. The van der Waals surface area contributed by atoms with Gasteiger partial charge in [0, 0.05) is 5.56 Å². The molecule has 9 aromatic carbocycles. The summed E-state index contributed by atoms with van der Waals surface area (Å²) in [6.07, 6.45) is 0. The van der Waals surface area contributed by atoms with E-state index in [0.29, 0.717) is 5.75 Å². The first-order valence-corrected chi connectivity index (χ1v) is 14.1. The molecule has 190 valence electrons. The van der Waals surface area contributed by atoms with Gasteiger partial charge in [-0.15, -0.1) is 0 Å². The minimum absolute atomic E-state index is 0.303. The summed E-state index contributed by atoms with van der Waals surface area (Å²) in [6, 6.07) is 50.2. The standard InChI is InChI=1S/C40H24O/c41-40-11-4-3-9-36(40)35-10-5-8-26-16-31-17-27-12-13-28-18-32-19-29-14-24-6-1-2-7-25(24)15-30(29)20-33(32)21-38(28)39(27)23-34(31)22-37(26)35/h1-23,41H. The van der Waals surface area contributed by atoms with E-state index in [-0.39, 0.29) is 0 Å². The summed E-state index contributed by atoms with van der Waals surface area (Å²) in [5, 5.41) is 28.0. The lowest BCUT2D eigenvalue weighted by molar-refractivity contribution is 0.477. The third-order valence-corrected chi connectivity index (χ3v) is 8.76. The predicted molar refractivity (Wildman–Crippen MR) is 176 cm³/mol. The van der Waals surface area contributed by atoms with Crippen LogP contribution in [-0.4, -0.2) is 5.11 Å². The highest BCUT2D eigenvalue weighted by Crippen LogP contribution is 2.39. The van der Waals surface area contributed by atoms with Crippen molar-refractivity contribution >= 4 is 75.4 Å². The molecule has 0 amide bonds. The summed E-state index contributed by atoms with van der Waals surface area (Å²) >= 11 is 0. The van der Waals surface area contributed by atoms with E-state index in [9.17, 15) is 5.11 Å². The van der Waals surface area contributed by atoms with E-state index in [1.165, 1.54) is 70.0 Å². The Bertz CT molecular complexity index is 2540. The van der Waals surface area contributed by atoms with Crippen LogP contribution in [0.25, 0.3) is 86.5 Å². The fourth-order valence-corrected chi connectivity index (χ4v) is 6.71. The molecule has 9 rings (SSSR count). The zero-order valence-corrected chi connectivity index (χ0v) is 22.2. The van der Waals surface area contributed by atoms with Crippen molar-refractivity contribution < 1.29 is 5.11 Å². The number of aromatic hydroxyl groups is 1. The molecule has 0 aliphatic rings. The highest BCUT2D eigenvalue weighted by atomic mass is 16.3. The van der Waals surface area contributed by atoms with E-state index in [1.54, 1.807) is 6.07 Å². The molecule has 0 bridgehead atoms. The van der Waals surface area contributed by atoms with Crippen LogP contribution in [-0.2, 0) is 0 Å². The van der Waals surface area contributed by atoms with Crippen LogP contribution in [0.2, 0.25) is 0 Å². The summed E-state index contributed by atoms with van der Waals surface area (Å²) in [5.41, 5.74) is 1.90. The molecule has 0 aromatic heterocycles. The molecule has 0 unspecified atom stereocenters. The van der Waals surface area contributed by atoms with Crippen molar-refractivity contribution in [3.63, 3.8) is 0 Å². The van der Waals surface area contributed by atoms with Gasteiger partial charge in [0.25, 0.3) is 0 Å². The molecular formula is C40H24O. The number of phenolic OH excluding ortho intramolecular Hbond substituents is 1. The zero-order chi connectivity index (χ0) is 27.1. The fourth-order valence-electron chi connectivity index (χ4n) is 6.71. The largest absolute Gasteiger partial charge is 0.507 e. The maximum absolute atomic E-state index is 10.6. The van der Waals surface area contributed by atoms with Gasteiger partial charge in [0.2, 0.25) is 0 Å². The highest BCUT2D eigenvalue weighted by molar-refractivity contribution is 6.18. The average molecular weight is 521 g/mol. The van der Waals surface area contributed by atoms with E-state index in [4.69, 9.17) is 0 Å². The van der Waals surface area contributed by atoms with Crippen LogP contribution < -0.4 is 0 Å². The first kappa shape index (κ1) is 22.4. The molecule has 1 heteroatoms. The second kappa shape index (κ2) is 8.30. The van der Waals surface area contributed by atoms with Crippen LogP contribution in [0.4, 0.5) is 0 Å². The number of benzene rings is 9. The van der Waals surface area contributed by atoms with Gasteiger partial charge < -0.3 is 5.11 Å². The lowest BCUT2D eigenvalue weighted by Gasteiger charge is -2.12. The lowest BCUT2D eigenvalue weighted by atomic mass is 9.92. The second-order valence-electron chi connectivity index (χ2n) is 11.2. The summed E-state index contributed by atoms with van der Waals surface area (Å²) in [4.78, 5) is 0. The zero-order valence-electron chi connectivity index (χ0n) is 22.2. The Kier molecular flexibility index (Phi) is 4.54. The molecule has 0 heterocycles. The number of hydrogen-bond donors (Lipinski definition) is 1. The van der Waals surface area contributed by atoms with E-state index in [1.807, 2.05) is 18.2 Å². The maximum Gasteiger partial charge on any atom is 0.123 e. The van der Waals surface area contributed by atoms with Crippen molar-refractivity contribution in [1.29, 1.82) is 0 Å². The smallest absolute Gasteiger partial charge is 0.123 e. The van der Waals surface area contributed by atoms with Gasteiger partial charge in [-0.1, -0.05) is 72.8 Å². The van der Waals surface area contributed by atoms with Crippen LogP contribution in [0.15, 0.2) is 140 Å². The second-order valence-corrected chi connectivity index (χ2v) is 11.2. The van der Waals surface area contributed by atoms with E-state index in [2.05, 4.69) is 115 Å². The van der Waals surface area contributed by atoms with Gasteiger partial charge in [-0.05, 0) is 148 Å². The fraction of sp³-hybridized carbons (Fsp3) is 0.